The summed E-state index contributed by atoms with van der Waals surface area (Å²) >= 11 is 0. The standard InChI is InChI=1S/C19H18N6O/c1-14-23-19(26-24-14)17-6-7-21-18(10-17)22-11-15-2-4-16(5-3-15)12-25-9-8-20-13-25/h2-10,13H,11-12H2,1H3,(H,21,22). The van der Waals surface area contributed by atoms with Crippen molar-refractivity contribution in [2.24, 2.45) is 0 Å². The normalized spacial score (nSPS) is 10.8. The Balaban J connectivity index is 1.39. The van der Waals surface area contributed by atoms with Crippen molar-refractivity contribution in [3.8, 4) is 11.5 Å². The molecular weight excluding hydrogens is 328 g/mol. The Morgan fingerprint density at radius 2 is 1.92 bits per heavy atom. The number of nitrogens with one attached hydrogen (secondary N) is 1. The lowest BCUT2D eigenvalue weighted by molar-refractivity contribution is 0.425. The summed E-state index contributed by atoms with van der Waals surface area (Å²) in [5, 5.41) is 7.15. The van der Waals surface area contributed by atoms with Crippen molar-refractivity contribution in [1.82, 2.24) is 24.7 Å². The van der Waals surface area contributed by atoms with Crippen LogP contribution in [-0.2, 0) is 13.1 Å². The molecule has 0 spiro atoms. The van der Waals surface area contributed by atoms with E-state index in [0.29, 0.717) is 18.3 Å². The number of hydrogen-bond acceptors (Lipinski definition) is 6. The van der Waals surface area contributed by atoms with Gasteiger partial charge in [0, 0.05) is 37.2 Å². The number of imidazole rings is 1. The molecule has 0 fully saturated rings. The minimum atomic E-state index is 0.497. The Hall–Kier alpha value is -3.48. The highest BCUT2D eigenvalue weighted by molar-refractivity contribution is 5.57. The number of pyridine rings is 1. The quantitative estimate of drug-likeness (QED) is 0.577. The van der Waals surface area contributed by atoms with Crippen LogP contribution < -0.4 is 5.32 Å². The number of hydrogen-bond donors (Lipinski definition) is 1. The van der Waals surface area contributed by atoms with Gasteiger partial charge in [0.25, 0.3) is 5.89 Å². The van der Waals surface area contributed by atoms with E-state index < -0.39 is 0 Å². The van der Waals surface area contributed by atoms with E-state index in [1.54, 1.807) is 19.3 Å². The lowest BCUT2D eigenvalue weighted by Crippen LogP contribution is -2.02. The first kappa shape index (κ1) is 16.0. The van der Waals surface area contributed by atoms with Gasteiger partial charge in [-0.2, -0.15) is 4.98 Å². The molecule has 0 atom stereocenters. The van der Waals surface area contributed by atoms with Crippen molar-refractivity contribution in [2.75, 3.05) is 5.32 Å². The third-order valence-electron chi connectivity index (χ3n) is 3.96. The third-order valence-corrected chi connectivity index (χ3v) is 3.96. The van der Waals surface area contributed by atoms with E-state index in [2.05, 4.69) is 49.7 Å². The molecule has 0 bridgehead atoms. The van der Waals surface area contributed by atoms with Crippen molar-refractivity contribution in [2.45, 2.75) is 20.0 Å². The van der Waals surface area contributed by atoms with Crippen LogP contribution in [0.5, 0.6) is 0 Å². The minimum Gasteiger partial charge on any atom is -0.366 e. The smallest absolute Gasteiger partial charge is 0.258 e. The maximum absolute atomic E-state index is 5.20. The second kappa shape index (κ2) is 7.18. The fourth-order valence-electron chi connectivity index (χ4n) is 2.62. The second-order valence-corrected chi connectivity index (χ2v) is 5.98. The van der Waals surface area contributed by atoms with E-state index >= 15 is 0 Å². The van der Waals surface area contributed by atoms with Gasteiger partial charge in [0.2, 0.25) is 0 Å². The molecule has 7 nitrogen and oxygen atoms in total. The van der Waals surface area contributed by atoms with E-state index in [-0.39, 0.29) is 0 Å². The van der Waals surface area contributed by atoms with Gasteiger partial charge in [-0.05, 0) is 30.2 Å². The molecule has 0 saturated carbocycles. The van der Waals surface area contributed by atoms with Crippen LogP contribution in [0.2, 0.25) is 0 Å². The Kier molecular flexibility index (Phi) is 4.42. The van der Waals surface area contributed by atoms with Crippen LogP contribution in [0.3, 0.4) is 0 Å². The minimum absolute atomic E-state index is 0.497. The van der Waals surface area contributed by atoms with Gasteiger partial charge >= 0.3 is 0 Å². The molecule has 3 heterocycles. The summed E-state index contributed by atoms with van der Waals surface area (Å²) < 4.78 is 7.24. The van der Waals surface area contributed by atoms with Crippen LogP contribution in [0.15, 0.2) is 65.8 Å². The summed E-state index contributed by atoms with van der Waals surface area (Å²) in [5.74, 6) is 1.87. The second-order valence-electron chi connectivity index (χ2n) is 5.98. The molecule has 0 aliphatic rings. The highest BCUT2D eigenvalue weighted by atomic mass is 16.5. The predicted octanol–water partition coefficient (Wildman–Crippen LogP) is 3.30. The number of rotatable bonds is 6. The zero-order chi connectivity index (χ0) is 17.8. The van der Waals surface area contributed by atoms with Gasteiger partial charge in [-0.25, -0.2) is 9.97 Å². The van der Waals surface area contributed by atoms with Gasteiger partial charge in [-0.15, -0.1) is 0 Å². The summed E-state index contributed by atoms with van der Waals surface area (Å²) in [6.07, 6.45) is 7.29. The van der Waals surface area contributed by atoms with Gasteiger partial charge in [-0.1, -0.05) is 29.4 Å². The Labute approximate surface area is 150 Å². The van der Waals surface area contributed by atoms with Crippen molar-refractivity contribution in [3.05, 3.63) is 78.3 Å². The topological polar surface area (TPSA) is 81.7 Å². The summed E-state index contributed by atoms with van der Waals surface area (Å²) in [5.41, 5.74) is 3.26. The molecule has 1 aromatic carbocycles. The summed E-state index contributed by atoms with van der Waals surface area (Å²) in [4.78, 5) is 12.6. The van der Waals surface area contributed by atoms with Crippen LogP contribution in [0, 0.1) is 6.92 Å². The van der Waals surface area contributed by atoms with E-state index in [9.17, 15) is 0 Å². The van der Waals surface area contributed by atoms with Gasteiger partial charge in [0.05, 0.1) is 6.33 Å². The van der Waals surface area contributed by atoms with Gasteiger partial charge < -0.3 is 14.4 Å². The van der Waals surface area contributed by atoms with Crippen LogP contribution in [0.1, 0.15) is 17.0 Å². The van der Waals surface area contributed by atoms with Crippen molar-refractivity contribution in [1.29, 1.82) is 0 Å². The number of nitrogens with zero attached hydrogens (tertiary/aromatic N) is 5. The monoisotopic (exact) mass is 346 g/mol. The van der Waals surface area contributed by atoms with Gasteiger partial charge in [-0.3, -0.25) is 0 Å². The van der Waals surface area contributed by atoms with E-state index in [0.717, 1.165) is 17.9 Å². The number of aryl methyl sites for hydroxylation is 1. The van der Waals surface area contributed by atoms with E-state index in [4.69, 9.17) is 4.52 Å². The van der Waals surface area contributed by atoms with Crippen molar-refractivity contribution < 1.29 is 4.52 Å². The van der Waals surface area contributed by atoms with E-state index in [1.165, 1.54) is 11.1 Å². The van der Waals surface area contributed by atoms with Crippen LogP contribution in [0.25, 0.3) is 11.5 Å². The molecule has 3 aromatic heterocycles. The zero-order valence-electron chi connectivity index (χ0n) is 14.3. The molecule has 0 saturated heterocycles. The molecule has 7 heteroatoms. The SMILES string of the molecule is Cc1noc(-c2ccnc(NCc3ccc(Cn4ccnc4)cc3)c2)n1. The third kappa shape index (κ3) is 3.77. The molecule has 0 aliphatic carbocycles. The average Bonchev–Trinajstić information content (AvgIpc) is 3.33. The lowest BCUT2D eigenvalue weighted by atomic mass is 10.1. The summed E-state index contributed by atoms with van der Waals surface area (Å²) in [7, 11) is 0. The van der Waals surface area contributed by atoms with Crippen LogP contribution >= 0.6 is 0 Å². The maximum atomic E-state index is 5.20. The molecule has 0 aliphatic heterocycles. The molecule has 4 aromatic rings. The summed E-state index contributed by atoms with van der Waals surface area (Å²) in [6, 6.07) is 12.2. The van der Waals surface area contributed by atoms with Crippen molar-refractivity contribution >= 4 is 5.82 Å². The van der Waals surface area contributed by atoms with Crippen molar-refractivity contribution in [3.63, 3.8) is 0 Å². The fraction of sp³-hybridized carbons (Fsp3) is 0.158. The Morgan fingerprint density at radius 1 is 1.08 bits per heavy atom. The molecular formula is C19H18N6O. The van der Waals surface area contributed by atoms with Crippen LogP contribution in [0.4, 0.5) is 5.82 Å². The highest BCUT2D eigenvalue weighted by Gasteiger charge is 2.07. The predicted molar refractivity (Wildman–Crippen MR) is 97.4 cm³/mol. The Bertz CT molecular complexity index is 975. The maximum Gasteiger partial charge on any atom is 0.258 e. The molecule has 0 amide bonds. The fourth-order valence-corrected chi connectivity index (χ4v) is 2.62. The largest absolute Gasteiger partial charge is 0.366 e. The Morgan fingerprint density at radius 3 is 2.65 bits per heavy atom. The lowest BCUT2D eigenvalue weighted by Gasteiger charge is -2.08. The van der Waals surface area contributed by atoms with Gasteiger partial charge in [0.15, 0.2) is 5.82 Å². The number of benzene rings is 1. The number of aromatic nitrogens is 5. The average molecular weight is 346 g/mol. The van der Waals surface area contributed by atoms with Gasteiger partial charge in [0.1, 0.15) is 5.82 Å². The first-order valence-electron chi connectivity index (χ1n) is 8.30. The zero-order valence-corrected chi connectivity index (χ0v) is 14.3. The molecule has 130 valence electrons. The molecule has 4 rings (SSSR count). The highest BCUT2D eigenvalue weighted by Crippen LogP contribution is 2.19. The molecule has 0 radical (unpaired) electrons. The molecule has 0 unspecified atom stereocenters. The number of anilines is 1. The van der Waals surface area contributed by atoms with E-state index in [1.807, 2.05) is 29.2 Å². The first-order chi connectivity index (χ1) is 12.8. The molecule has 1 N–H and O–H groups in total. The van der Waals surface area contributed by atoms with Crippen LogP contribution in [-0.4, -0.2) is 24.7 Å². The first-order valence-corrected chi connectivity index (χ1v) is 8.30. The molecule has 26 heavy (non-hydrogen) atoms. The summed E-state index contributed by atoms with van der Waals surface area (Å²) in [6.45, 7) is 3.30.